The van der Waals surface area contributed by atoms with Gasteiger partial charge in [-0.3, -0.25) is 4.99 Å². The van der Waals surface area contributed by atoms with Crippen molar-refractivity contribution in [1.29, 1.82) is 0 Å². The summed E-state index contributed by atoms with van der Waals surface area (Å²) >= 11 is 3.51. The van der Waals surface area contributed by atoms with Crippen LogP contribution >= 0.6 is 39.9 Å². The fraction of sp³-hybridized carbons (Fsp3) is 0.611. The molecule has 0 atom stereocenters. The lowest BCUT2D eigenvalue weighted by Gasteiger charge is -2.36. The molecule has 0 bridgehead atoms. The van der Waals surface area contributed by atoms with Gasteiger partial charge >= 0.3 is 0 Å². The van der Waals surface area contributed by atoms with Gasteiger partial charge in [0.15, 0.2) is 5.96 Å². The van der Waals surface area contributed by atoms with Crippen LogP contribution in [0.4, 0.5) is 0 Å². The molecule has 0 aromatic heterocycles. The van der Waals surface area contributed by atoms with Crippen LogP contribution in [0.15, 0.2) is 33.7 Å². The molecule has 0 amide bonds. The van der Waals surface area contributed by atoms with Crippen molar-refractivity contribution in [2.24, 2.45) is 16.6 Å². The van der Waals surface area contributed by atoms with Gasteiger partial charge in [0.2, 0.25) is 0 Å². The quantitative estimate of drug-likeness (QED) is 0.345. The van der Waals surface area contributed by atoms with E-state index in [1.54, 1.807) is 0 Å². The number of hydrogen-bond donors (Lipinski definition) is 2. The molecular formula is C18H29BrIN3O. The number of rotatable bonds is 6. The molecular weight excluding hydrogens is 481 g/mol. The Balaban J connectivity index is 0.00000288. The summed E-state index contributed by atoms with van der Waals surface area (Å²) in [6.45, 7) is 7.57. The fourth-order valence-electron chi connectivity index (χ4n) is 2.88. The number of aliphatic imine (C=N–C) groups is 1. The third kappa shape index (κ3) is 6.52. The number of nitrogens with two attached hydrogens (primary N) is 1. The maximum absolute atomic E-state index is 6.04. The molecule has 0 aliphatic carbocycles. The SMILES string of the molecule is CC(C)CCNC(N)=NCC1(c2ccc(Br)cc2)CCOCC1.I. The lowest BCUT2D eigenvalue weighted by Crippen LogP contribution is -2.39. The van der Waals surface area contributed by atoms with E-state index >= 15 is 0 Å². The predicted octanol–water partition coefficient (Wildman–Crippen LogP) is 4.07. The van der Waals surface area contributed by atoms with E-state index in [0.717, 1.165) is 43.5 Å². The molecule has 0 unspecified atom stereocenters. The number of halogens is 2. The van der Waals surface area contributed by atoms with Gasteiger partial charge in [0.1, 0.15) is 0 Å². The zero-order valence-electron chi connectivity index (χ0n) is 14.6. The molecule has 1 aliphatic rings. The zero-order chi connectivity index (χ0) is 16.7. The molecule has 0 radical (unpaired) electrons. The van der Waals surface area contributed by atoms with Crippen LogP contribution in [0.2, 0.25) is 0 Å². The molecule has 1 heterocycles. The van der Waals surface area contributed by atoms with Crippen LogP contribution in [-0.4, -0.2) is 32.3 Å². The average molecular weight is 510 g/mol. The Morgan fingerprint density at radius 1 is 1.29 bits per heavy atom. The molecule has 0 saturated carbocycles. The monoisotopic (exact) mass is 509 g/mol. The van der Waals surface area contributed by atoms with Crippen molar-refractivity contribution in [3.05, 3.63) is 34.3 Å². The van der Waals surface area contributed by atoms with Gasteiger partial charge in [-0.1, -0.05) is 41.9 Å². The second-order valence-electron chi connectivity index (χ2n) is 6.71. The first-order valence-electron chi connectivity index (χ1n) is 8.39. The van der Waals surface area contributed by atoms with Gasteiger partial charge in [-0.25, -0.2) is 0 Å². The van der Waals surface area contributed by atoms with Crippen LogP contribution < -0.4 is 11.1 Å². The van der Waals surface area contributed by atoms with Crippen LogP contribution in [-0.2, 0) is 10.2 Å². The summed E-state index contributed by atoms with van der Waals surface area (Å²) in [6.07, 6.45) is 3.07. The maximum atomic E-state index is 6.04. The van der Waals surface area contributed by atoms with Crippen LogP contribution in [0, 0.1) is 5.92 Å². The highest BCUT2D eigenvalue weighted by molar-refractivity contribution is 14.0. The Morgan fingerprint density at radius 3 is 2.50 bits per heavy atom. The third-order valence-corrected chi connectivity index (χ3v) is 5.02. The zero-order valence-corrected chi connectivity index (χ0v) is 18.5. The van der Waals surface area contributed by atoms with Gasteiger partial charge in [0.05, 0.1) is 6.54 Å². The second-order valence-corrected chi connectivity index (χ2v) is 7.63. The van der Waals surface area contributed by atoms with Gasteiger partial charge in [-0.15, -0.1) is 24.0 Å². The molecule has 4 nitrogen and oxygen atoms in total. The van der Waals surface area contributed by atoms with E-state index in [-0.39, 0.29) is 29.4 Å². The van der Waals surface area contributed by atoms with E-state index in [1.165, 1.54) is 5.56 Å². The lowest BCUT2D eigenvalue weighted by atomic mass is 9.74. The van der Waals surface area contributed by atoms with E-state index in [9.17, 15) is 0 Å². The lowest BCUT2D eigenvalue weighted by molar-refractivity contribution is 0.0531. The average Bonchev–Trinajstić information content (AvgIpc) is 2.54. The van der Waals surface area contributed by atoms with E-state index < -0.39 is 0 Å². The molecule has 3 N–H and O–H groups in total. The minimum Gasteiger partial charge on any atom is -0.381 e. The summed E-state index contributed by atoms with van der Waals surface area (Å²) in [4.78, 5) is 4.63. The summed E-state index contributed by atoms with van der Waals surface area (Å²) in [5.41, 5.74) is 7.39. The van der Waals surface area contributed by atoms with Crippen LogP contribution in [0.3, 0.4) is 0 Å². The molecule has 1 aromatic carbocycles. The topological polar surface area (TPSA) is 59.6 Å². The second kappa shape index (κ2) is 10.6. The van der Waals surface area contributed by atoms with E-state index in [4.69, 9.17) is 10.5 Å². The standard InChI is InChI=1S/C18H28BrN3O.HI/c1-14(2)7-10-21-17(20)22-13-18(8-11-23-12-9-18)15-3-5-16(19)6-4-15;/h3-6,14H,7-13H2,1-2H3,(H3,20,21,22);1H. The Bertz CT molecular complexity index is 514. The van der Waals surface area contributed by atoms with Crippen molar-refractivity contribution in [1.82, 2.24) is 5.32 Å². The van der Waals surface area contributed by atoms with Crippen molar-refractivity contribution >= 4 is 45.9 Å². The number of nitrogens with zero attached hydrogens (tertiary/aromatic N) is 1. The van der Waals surface area contributed by atoms with Gasteiger partial charge in [0.25, 0.3) is 0 Å². The maximum Gasteiger partial charge on any atom is 0.188 e. The molecule has 6 heteroatoms. The Kier molecular flexibility index (Phi) is 9.59. The van der Waals surface area contributed by atoms with Gasteiger partial charge in [-0.05, 0) is 42.9 Å². The molecule has 1 aromatic rings. The van der Waals surface area contributed by atoms with Crippen molar-refractivity contribution < 1.29 is 4.74 Å². The number of hydrogen-bond acceptors (Lipinski definition) is 2. The Morgan fingerprint density at radius 2 is 1.92 bits per heavy atom. The summed E-state index contributed by atoms with van der Waals surface area (Å²) < 4.78 is 6.66. The van der Waals surface area contributed by atoms with E-state index in [2.05, 4.69) is 64.4 Å². The highest BCUT2D eigenvalue weighted by Gasteiger charge is 2.34. The normalized spacial score (nSPS) is 17.4. The Hall–Kier alpha value is -0.340. The van der Waals surface area contributed by atoms with Crippen molar-refractivity contribution in [2.75, 3.05) is 26.3 Å². The molecule has 2 rings (SSSR count). The summed E-state index contributed by atoms with van der Waals surface area (Å²) in [7, 11) is 0. The summed E-state index contributed by atoms with van der Waals surface area (Å²) in [5.74, 6) is 1.22. The summed E-state index contributed by atoms with van der Waals surface area (Å²) in [5, 5.41) is 3.22. The molecule has 1 saturated heterocycles. The molecule has 0 spiro atoms. The first-order valence-corrected chi connectivity index (χ1v) is 9.19. The van der Waals surface area contributed by atoms with Crippen molar-refractivity contribution in [3.8, 4) is 0 Å². The number of ether oxygens (including phenoxy) is 1. The van der Waals surface area contributed by atoms with Crippen molar-refractivity contribution in [2.45, 2.75) is 38.5 Å². The van der Waals surface area contributed by atoms with Crippen LogP contribution in [0.1, 0.15) is 38.7 Å². The molecule has 1 aliphatic heterocycles. The van der Waals surface area contributed by atoms with E-state index in [1.807, 2.05) is 0 Å². The third-order valence-electron chi connectivity index (χ3n) is 4.49. The van der Waals surface area contributed by atoms with Crippen LogP contribution in [0.5, 0.6) is 0 Å². The minimum absolute atomic E-state index is 0. The van der Waals surface area contributed by atoms with Crippen LogP contribution in [0.25, 0.3) is 0 Å². The number of benzene rings is 1. The predicted molar refractivity (Wildman–Crippen MR) is 115 cm³/mol. The minimum atomic E-state index is 0. The van der Waals surface area contributed by atoms with Gasteiger partial charge in [-0.2, -0.15) is 0 Å². The summed E-state index contributed by atoms with van der Waals surface area (Å²) in [6, 6.07) is 8.57. The highest BCUT2D eigenvalue weighted by atomic mass is 127. The smallest absolute Gasteiger partial charge is 0.188 e. The molecule has 1 fully saturated rings. The molecule has 24 heavy (non-hydrogen) atoms. The van der Waals surface area contributed by atoms with Gasteiger partial charge < -0.3 is 15.8 Å². The molecule has 136 valence electrons. The fourth-order valence-corrected chi connectivity index (χ4v) is 3.15. The number of nitrogens with one attached hydrogen (secondary N) is 1. The highest BCUT2D eigenvalue weighted by Crippen LogP contribution is 2.35. The van der Waals surface area contributed by atoms with Crippen molar-refractivity contribution in [3.63, 3.8) is 0 Å². The number of guanidine groups is 1. The first-order chi connectivity index (χ1) is 11.0. The van der Waals surface area contributed by atoms with Gasteiger partial charge in [0, 0.05) is 29.6 Å². The van der Waals surface area contributed by atoms with E-state index in [0.29, 0.717) is 18.4 Å². The first kappa shape index (κ1) is 21.7. The largest absolute Gasteiger partial charge is 0.381 e. The Labute approximate surface area is 171 Å².